The van der Waals surface area contributed by atoms with Crippen LogP contribution in [0.15, 0.2) is 0 Å². The van der Waals surface area contributed by atoms with E-state index < -0.39 is 0 Å². The fourth-order valence-corrected chi connectivity index (χ4v) is 2.80. The highest BCUT2D eigenvalue weighted by atomic mass is 16.7. The van der Waals surface area contributed by atoms with Gasteiger partial charge in [-0.15, -0.1) is 0 Å². The van der Waals surface area contributed by atoms with Crippen molar-refractivity contribution >= 4 is 0 Å². The van der Waals surface area contributed by atoms with Crippen molar-refractivity contribution in [3.05, 3.63) is 0 Å². The van der Waals surface area contributed by atoms with Crippen molar-refractivity contribution in [1.29, 1.82) is 0 Å². The molecule has 0 aromatic carbocycles. The molecule has 1 atom stereocenters. The third-order valence-electron chi connectivity index (χ3n) is 3.55. The molecule has 1 spiro atoms. The molecule has 0 aromatic heterocycles. The van der Waals surface area contributed by atoms with E-state index in [1.807, 2.05) is 0 Å². The predicted octanol–water partition coefficient (Wildman–Crippen LogP) is 2.72. The molecule has 3 heteroatoms. The van der Waals surface area contributed by atoms with Crippen LogP contribution in [-0.2, 0) is 9.47 Å². The van der Waals surface area contributed by atoms with E-state index in [-0.39, 0.29) is 5.79 Å². The monoisotopic (exact) mass is 230 g/mol. The minimum absolute atomic E-state index is 0.156. The second-order valence-electron chi connectivity index (χ2n) is 4.71. The number of unbranched alkanes of at least 4 members (excludes halogenated alkanes) is 1. The van der Waals surface area contributed by atoms with Gasteiger partial charge in [-0.2, -0.15) is 0 Å². The van der Waals surface area contributed by atoms with E-state index in [0.717, 1.165) is 39.1 Å². The fraction of sp³-hybridized carbons (Fsp3) is 1.00. The molecule has 16 heavy (non-hydrogen) atoms. The Morgan fingerprint density at radius 1 is 1.25 bits per heavy atom. The van der Waals surface area contributed by atoms with Gasteiger partial charge in [-0.05, 0) is 12.3 Å². The molecule has 96 valence electrons. The summed E-state index contributed by atoms with van der Waals surface area (Å²) in [6, 6.07) is 0. The smallest absolute Gasteiger partial charge is 0.168 e. The number of rotatable bonds is 3. The summed E-state index contributed by atoms with van der Waals surface area (Å²) >= 11 is 0. The summed E-state index contributed by atoms with van der Waals surface area (Å²) in [5.41, 5.74) is 0. The lowest BCUT2D eigenvalue weighted by molar-refractivity contribution is -0.187. The van der Waals surface area contributed by atoms with Gasteiger partial charge >= 0.3 is 0 Å². The Morgan fingerprint density at radius 2 is 1.94 bits per heavy atom. The zero-order chi connectivity index (χ0) is 11.9. The summed E-state index contributed by atoms with van der Waals surface area (Å²) in [5, 5.41) is 7.00. The lowest BCUT2D eigenvalue weighted by Crippen LogP contribution is -2.36. The molecule has 0 amide bonds. The van der Waals surface area contributed by atoms with E-state index in [9.17, 15) is 0 Å². The number of ether oxygens (including phenoxy) is 2. The Bertz CT molecular complexity index is 176. The molecule has 2 aliphatic rings. The maximum atomic E-state index is 7.00. The highest BCUT2D eigenvalue weighted by Crippen LogP contribution is 2.40. The van der Waals surface area contributed by atoms with Crippen molar-refractivity contribution < 1.29 is 14.6 Å². The largest absolute Gasteiger partial charge is 0.400 e. The first-order valence-electron chi connectivity index (χ1n) is 6.57. The summed E-state index contributed by atoms with van der Waals surface area (Å²) in [4.78, 5) is 0. The molecule has 1 saturated carbocycles. The Labute approximate surface area is 99.1 Å². The van der Waals surface area contributed by atoms with Gasteiger partial charge in [0.05, 0.1) is 13.2 Å². The van der Waals surface area contributed by atoms with Crippen molar-refractivity contribution in [3.63, 3.8) is 0 Å². The van der Waals surface area contributed by atoms with E-state index in [4.69, 9.17) is 14.6 Å². The molecule has 1 N–H and O–H groups in total. The quantitative estimate of drug-likeness (QED) is 0.810. The van der Waals surface area contributed by atoms with Gasteiger partial charge in [0.2, 0.25) is 0 Å². The van der Waals surface area contributed by atoms with Crippen LogP contribution in [0.5, 0.6) is 0 Å². The molecule has 1 heterocycles. The Morgan fingerprint density at radius 3 is 2.56 bits per heavy atom. The Balaban J connectivity index is 0.000000606. The maximum absolute atomic E-state index is 7.00. The van der Waals surface area contributed by atoms with Gasteiger partial charge in [0.1, 0.15) is 0 Å². The van der Waals surface area contributed by atoms with Crippen molar-refractivity contribution in [2.45, 2.75) is 57.7 Å². The minimum atomic E-state index is -0.156. The Kier molecular flexibility index (Phi) is 6.32. The first kappa shape index (κ1) is 13.9. The third-order valence-corrected chi connectivity index (χ3v) is 3.55. The average Bonchev–Trinajstić information content (AvgIpc) is 2.77. The predicted molar refractivity (Wildman–Crippen MR) is 64.3 cm³/mol. The van der Waals surface area contributed by atoms with Gasteiger partial charge in [-0.3, -0.25) is 0 Å². The van der Waals surface area contributed by atoms with Crippen molar-refractivity contribution in [2.24, 2.45) is 5.92 Å². The minimum Gasteiger partial charge on any atom is -0.400 e. The number of hydrogen-bond donors (Lipinski definition) is 1. The topological polar surface area (TPSA) is 38.7 Å². The van der Waals surface area contributed by atoms with Gasteiger partial charge in [0.15, 0.2) is 5.79 Å². The highest BCUT2D eigenvalue weighted by Gasteiger charge is 2.40. The zero-order valence-electron chi connectivity index (χ0n) is 10.7. The standard InChI is InChI=1S/C12H22O2.CH4O/c1-2-3-5-11-6-4-7-12(10-11)13-8-9-14-12;1-2/h11H,2-10H2,1H3;2H,1H3/t11-;/m1./s1. The molecular weight excluding hydrogens is 204 g/mol. The maximum Gasteiger partial charge on any atom is 0.168 e. The van der Waals surface area contributed by atoms with Crippen LogP contribution in [0.2, 0.25) is 0 Å². The van der Waals surface area contributed by atoms with Crippen LogP contribution < -0.4 is 0 Å². The molecule has 0 aromatic rings. The second-order valence-corrected chi connectivity index (χ2v) is 4.71. The van der Waals surface area contributed by atoms with Crippen LogP contribution in [0.1, 0.15) is 51.9 Å². The highest BCUT2D eigenvalue weighted by molar-refractivity contribution is 4.83. The van der Waals surface area contributed by atoms with Crippen LogP contribution in [0, 0.1) is 5.92 Å². The van der Waals surface area contributed by atoms with E-state index in [2.05, 4.69) is 6.92 Å². The summed E-state index contributed by atoms with van der Waals surface area (Å²) in [6.07, 6.45) is 8.97. The molecule has 1 aliphatic heterocycles. The molecule has 0 bridgehead atoms. The Hall–Kier alpha value is -0.120. The first-order valence-corrected chi connectivity index (χ1v) is 6.57. The second kappa shape index (κ2) is 7.25. The molecule has 0 radical (unpaired) electrons. The summed E-state index contributed by atoms with van der Waals surface area (Å²) in [7, 11) is 1.00. The van der Waals surface area contributed by atoms with Crippen molar-refractivity contribution in [2.75, 3.05) is 20.3 Å². The van der Waals surface area contributed by atoms with Crippen LogP contribution in [-0.4, -0.2) is 31.2 Å². The number of hydrogen-bond acceptors (Lipinski definition) is 3. The lowest BCUT2D eigenvalue weighted by Gasteiger charge is -2.36. The fourth-order valence-electron chi connectivity index (χ4n) is 2.80. The molecular formula is C13H26O3. The number of aliphatic hydroxyl groups is 1. The van der Waals surface area contributed by atoms with Crippen LogP contribution in [0.25, 0.3) is 0 Å². The summed E-state index contributed by atoms with van der Waals surface area (Å²) in [6.45, 7) is 3.88. The molecule has 1 aliphatic carbocycles. The van der Waals surface area contributed by atoms with E-state index >= 15 is 0 Å². The molecule has 2 fully saturated rings. The van der Waals surface area contributed by atoms with E-state index in [0.29, 0.717) is 0 Å². The van der Waals surface area contributed by atoms with Crippen LogP contribution in [0.3, 0.4) is 0 Å². The van der Waals surface area contributed by atoms with Crippen LogP contribution >= 0.6 is 0 Å². The van der Waals surface area contributed by atoms with Crippen molar-refractivity contribution in [3.8, 4) is 0 Å². The van der Waals surface area contributed by atoms with E-state index in [1.54, 1.807) is 0 Å². The number of aliphatic hydroxyl groups excluding tert-OH is 1. The third kappa shape index (κ3) is 3.72. The first-order chi connectivity index (χ1) is 7.85. The van der Waals surface area contributed by atoms with Gasteiger partial charge in [0.25, 0.3) is 0 Å². The van der Waals surface area contributed by atoms with Gasteiger partial charge in [0, 0.05) is 20.0 Å². The SMILES string of the molecule is CCCC[C@@H]1CCCC2(C1)OCCO2.CO. The molecule has 1 saturated heterocycles. The normalized spacial score (nSPS) is 27.6. The van der Waals surface area contributed by atoms with Crippen LogP contribution in [0.4, 0.5) is 0 Å². The average molecular weight is 230 g/mol. The van der Waals surface area contributed by atoms with Gasteiger partial charge in [-0.25, -0.2) is 0 Å². The lowest BCUT2D eigenvalue weighted by atomic mass is 9.82. The van der Waals surface area contributed by atoms with Crippen molar-refractivity contribution in [1.82, 2.24) is 0 Å². The summed E-state index contributed by atoms with van der Waals surface area (Å²) < 4.78 is 11.5. The van der Waals surface area contributed by atoms with E-state index in [1.165, 1.54) is 32.1 Å². The molecule has 2 rings (SSSR count). The molecule has 3 nitrogen and oxygen atoms in total. The van der Waals surface area contributed by atoms with Gasteiger partial charge < -0.3 is 14.6 Å². The molecule has 0 unspecified atom stereocenters. The van der Waals surface area contributed by atoms with Gasteiger partial charge in [-0.1, -0.05) is 32.6 Å². The summed E-state index contributed by atoms with van der Waals surface area (Å²) in [5.74, 6) is 0.693. The zero-order valence-corrected chi connectivity index (χ0v) is 10.7.